The second-order valence-electron chi connectivity index (χ2n) is 3.86. The Morgan fingerprint density at radius 1 is 1.54 bits per heavy atom. The number of carbonyl (C=O) groups is 1. The Kier molecular flexibility index (Phi) is 2.40. The first-order valence-electron chi connectivity index (χ1n) is 4.90. The third-order valence-corrected chi connectivity index (χ3v) is 2.97. The van der Waals surface area contributed by atoms with E-state index in [9.17, 15) is 4.79 Å². The SMILES string of the molecule is CNC(=O)OC1CN2CCCC1C2. The zero-order chi connectivity index (χ0) is 9.26. The third-order valence-electron chi connectivity index (χ3n) is 2.97. The molecule has 2 aliphatic rings. The number of amides is 1. The van der Waals surface area contributed by atoms with Gasteiger partial charge in [0.15, 0.2) is 0 Å². The van der Waals surface area contributed by atoms with E-state index in [1.165, 1.54) is 19.4 Å². The van der Waals surface area contributed by atoms with Crippen LogP contribution in [0, 0.1) is 5.92 Å². The molecule has 1 N–H and O–H groups in total. The smallest absolute Gasteiger partial charge is 0.407 e. The maximum Gasteiger partial charge on any atom is 0.407 e. The summed E-state index contributed by atoms with van der Waals surface area (Å²) in [5.74, 6) is 0.575. The molecule has 13 heavy (non-hydrogen) atoms. The molecular weight excluding hydrogens is 168 g/mol. The second-order valence-corrected chi connectivity index (χ2v) is 3.86. The van der Waals surface area contributed by atoms with Crippen molar-refractivity contribution in [3.05, 3.63) is 0 Å². The molecule has 2 fully saturated rings. The van der Waals surface area contributed by atoms with Gasteiger partial charge in [-0.1, -0.05) is 0 Å². The second kappa shape index (κ2) is 3.54. The molecule has 0 aromatic carbocycles. The molecule has 1 amide bonds. The van der Waals surface area contributed by atoms with Crippen molar-refractivity contribution in [1.29, 1.82) is 0 Å². The van der Waals surface area contributed by atoms with Gasteiger partial charge < -0.3 is 10.1 Å². The van der Waals surface area contributed by atoms with Crippen LogP contribution in [0.3, 0.4) is 0 Å². The number of nitrogens with zero attached hydrogens (tertiary/aromatic N) is 1. The Labute approximate surface area is 78.2 Å². The molecule has 3 atom stereocenters. The number of rotatable bonds is 1. The number of hydrogen-bond donors (Lipinski definition) is 1. The van der Waals surface area contributed by atoms with Gasteiger partial charge in [-0.2, -0.15) is 0 Å². The van der Waals surface area contributed by atoms with E-state index in [-0.39, 0.29) is 12.2 Å². The number of ether oxygens (including phenoxy) is 1. The van der Waals surface area contributed by atoms with Crippen molar-refractivity contribution >= 4 is 6.09 Å². The topological polar surface area (TPSA) is 41.6 Å². The van der Waals surface area contributed by atoms with E-state index in [4.69, 9.17) is 4.74 Å². The van der Waals surface area contributed by atoms with E-state index in [1.54, 1.807) is 7.05 Å². The first-order valence-corrected chi connectivity index (χ1v) is 4.90. The summed E-state index contributed by atoms with van der Waals surface area (Å²) in [6, 6.07) is 0. The standard InChI is InChI=1S/C9H16N2O2/c1-10-9(12)13-8-6-11-4-2-3-7(8)5-11/h7-8H,2-6H2,1H3,(H,10,12). The van der Waals surface area contributed by atoms with Gasteiger partial charge >= 0.3 is 6.09 Å². The van der Waals surface area contributed by atoms with Crippen LogP contribution in [-0.4, -0.2) is 43.8 Å². The predicted molar refractivity (Wildman–Crippen MR) is 48.5 cm³/mol. The van der Waals surface area contributed by atoms with Crippen molar-refractivity contribution in [3.8, 4) is 0 Å². The zero-order valence-corrected chi connectivity index (χ0v) is 7.95. The van der Waals surface area contributed by atoms with E-state index >= 15 is 0 Å². The number of hydrogen-bond acceptors (Lipinski definition) is 3. The minimum atomic E-state index is -0.293. The van der Waals surface area contributed by atoms with Crippen LogP contribution in [0.15, 0.2) is 0 Å². The maximum atomic E-state index is 11.0. The van der Waals surface area contributed by atoms with E-state index in [0.717, 1.165) is 13.1 Å². The van der Waals surface area contributed by atoms with Gasteiger partial charge in [0.05, 0.1) is 0 Å². The average molecular weight is 184 g/mol. The highest BCUT2D eigenvalue weighted by Gasteiger charge is 2.37. The first-order chi connectivity index (χ1) is 6.29. The first kappa shape index (κ1) is 8.81. The van der Waals surface area contributed by atoms with Crippen LogP contribution in [0.1, 0.15) is 12.8 Å². The Morgan fingerprint density at radius 2 is 2.38 bits per heavy atom. The van der Waals surface area contributed by atoms with Gasteiger partial charge in [0.1, 0.15) is 6.10 Å². The molecule has 2 aliphatic heterocycles. The molecule has 4 heteroatoms. The molecule has 2 rings (SSSR count). The van der Waals surface area contributed by atoms with E-state index < -0.39 is 0 Å². The lowest BCUT2D eigenvalue weighted by Gasteiger charge is -2.21. The fourth-order valence-corrected chi connectivity index (χ4v) is 2.29. The summed E-state index contributed by atoms with van der Waals surface area (Å²) >= 11 is 0. The maximum absolute atomic E-state index is 11.0. The van der Waals surface area contributed by atoms with Gasteiger partial charge in [0, 0.05) is 26.1 Å². The van der Waals surface area contributed by atoms with Gasteiger partial charge in [-0.05, 0) is 19.4 Å². The monoisotopic (exact) mass is 184 g/mol. The fourth-order valence-electron chi connectivity index (χ4n) is 2.29. The number of piperidine rings is 1. The van der Waals surface area contributed by atoms with Crippen molar-refractivity contribution in [2.75, 3.05) is 26.7 Å². The molecule has 0 saturated carbocycles. The number of alkyl carbamates (subject to hydrolysis) is 1. The summed E-state index contributed by atoms with van der Waals surface area (Å²) in [6.45, 7) is 3.21. The molecule has 0 radical (unpaired) electrons. The van der Waals surface area contributed by atoms with Crippen molar-refractivity contribution < 1.29 is 9.53 Å². The van der Waals surface area contributed by atoms with Crippen LogP contribution in [0.5, 0.6) is 0 Å². The van der Waals surface area contributed by atoms with E-state index in [2.05, 4.69) is 10.2 Å². The lowest BCUT2D eigenvalue weighted by atomic mass is 9.99. The molecule has 74 valence electrons. The minimum Gasteiger partial charge on any atom is -0.445 e. The number of carbonyl (C=O) groups excluding carboxylic acids is 1. The molecule has 0 aromatic heterocycles. The van der Waals surface area contributed by atoms with Crippen molar-refractivity contribution in [1.82, 2.24) is 10.2 Å². The number of fused-ring (bicyclic) bond motifs is 2. The minimum absolute atomic E-state index is 0.127. The highest BCUT2D eigenvalue weighted by Crippen LogP contribution is 2.28. The largest absolute Gasteiger partial charge is 0.445 e. The summed E-state index contributed by atoms with van der Waals surface area (Å²) in [6.07, 6.45) is 2.29. The molecule has 0 spiro atoms. The Morgan fingerprint density at radius 3 is 3.08 bits per heavy atom. The third kappa shape index (κ3) is 1.77. The Balaban J connectivity index is 1.90. The van der Waals surface area contributed by atoms with Gasteiger partial charge in [0.25, 0.3) is 0 Å². The van der Waals surface area contributed by atoms with Crippen molar-refractivity contribution in [2.24, 2.45) is 5.92 Å². The molecular formula is C9H16N2O2. The molecule has 0 aliphatic carbocycles. The number of nitrogens with one attached hydrogen (secondary N) is 1. The Bertz CT molecular complexity index is 208. The van der Waals surface area contributed by atoms with Crippen LogP contribution < -0.4 is 5.32 Å². The van der Waals surface area contributed by atoms with E-state index in [0.29, 0.717) is 5.92 Å². The van der Waals surface area contributed by atoms with Crippen LogP contribution in [0.4, 0.5) is 4.79 Å². The molecule has 4 nitrogen and oxygen atoms in total. The molecule has 3 unspecified atom stereocenters. The molecule has 2 heterocycles. The highest BCUT2D eigenvalue weighted by molar-refractivity contribution is 5.66. The van der Waals surface area contributed by atoms with Gasteiger partial charge in [0.2, 0.25) is 0 Å². The zero-order valence-electron chi connectivity index (χ0n) is 7.95. The van der Waals surface area contributed by atoms with Gasteiger partial charge in [-0.3, -0.25) is 4.90 Å². The normalized spacial score (nSPS) is 37.2. The molecule has 0 aromatic rings. The summed E-state index contributed by atoms with van der Waals surface area (Å²) in [7, 11) is 1.60. The lowest BCUT2D eigenvalue weighted by Crippen LogP contribution is -2.30. The van der Waals surface area contributed by atoms with Crippen LogP contribution in [-0.2, 0) is 4.74 Å². The fraction of sp³-hybridized carbons (Fsp3) is 0.889. The highest BCUT2D eigenvalue weighted by atomic mass is 16.6. The van der Waals surface area contributed by atoms with Crippen molar-refractivity contribution in [2.45, 2.75) is 18.9 Å². The quantitative estimate of drug-likeness (QED) is 0.643. The predicted octanol–water partition coefficient (Wildman–Crippen LogP) is 0.437. The summed E-state index contributed by atoms with van der Waals surface area (Å²) in [5.41, 5.74) is 0. The summed E-state index contributed by atoms with van der Waals surface area (Å²) < 4.78 is 5.28. The summed E-state index contributed by atoms with van der Waals surface area (Å²) in [5, 5.41) is 2.49. The van der Waals surface area contributed by atoms with Crippen LogP contribution >= 0.6 is 0 Å². The lowest BCUT2D eigenvalue weighted by molar-refractivity contribution is 0.0842. The van der Waals surface area contributed by atoms with Crippen LogP contribution in [0.2, 0.25) is 0 Å². The average Bonchev–Trinajstić information content (AvgIpc) is 2.42. The molecule has 2 saturated heterocycles. The summed E-state index contributed by atoms with van der Waals surface area (Å²) in [4.78, 5) is 13.4. The van der Waals surface area contributed by atoms with E-state index in [1.807, 2.05) is 0 Å². The molecule has 2 bridgehead atoms. The Hall–Kier alpha value is -0.770. The van der Waals surface area contributed by atoms with Crippen LogP contribution in [0.25, 0.3) is 0 Å². The van der Waals surface area contributed by atoms with Gasteiger partial charge in [-0.25, -0.2) is 4.79 Å². The van der Waals surface area contributed by atoms with Gasteiger partial charge in [-0.15, -0.1) is 0 Å². The van der Waals surface area contributed by atoms with Crippen molar-refractivity contribution in [3.63, 3.8) is 0 Å².